The number of aliphatic hydroxyl groups excluding tert-OH is 1. The van der Waals surface area contributed by atoms with Crippen LogP contribution in [-0.2, 0) is 9.53 Å². The summed E-state index contributed by atoms with van der Waals surface area (Å²) in [6, 6.07) is 0. The number of hydrogen-bond donors (Lipinski definition) is 1. The summed E-state index contributed by atoms with van der Waals surface area (Å²) in [5.41, 5.74) is 0.768. The zero-order valence-corrected chi connectivity index (χ0v) is 12.5. The molecule has 3 nitrogen and oxygen atoms in total. The van der Waals surface area contributed by atoms with Gasteiger partial charge in [0.2, 0.25) is 0 Å². The normalized spacial score (nSPS) is 33.0. The van der Waals surface area contributed by atoms with E-state index < -0.39 is 6.10 Å². The Morgan fingerprint density at radius 1 is 1.50 bits per heavy atom. The molecule has 2 aliphatic rings. The first-order valence-corrected chi connectivity index (χ1v) is 7.64. The van der Waals surface area contributed by atoms with E-state index >= 15 is 0 Å². The third-order valence-electron chi connectivity index (χ3n) is 3.50. The van der Waals surface area contributed by atoms with Gasteiger partial charge in [-0.3, -0.25) is 4.79 Å². The van der Waals surface area contributed by atoms with Gasteiger partial charge in [-0.1, -0.05) is 29.2 Å². The van der Waals surface area contributed by atoms with Gasteiger partial charge in [-0.25, -0.2) is 0 Å². The minimum absolute atomic E-state index is 0.121. The number of halogens is 1. The van der Waals surface area contributed by atoms with E-state index in [-0.39, 0.29) is 18.0 Å². The fourth-order valence-corrected chi connectivity index (χ4v) is 2.72. The standard InChI is InChI=1S/C14H19IO3/c1-9-6-12(8-11(16)7-10-2-3-10)18-13(4-5-15)14(9)17/h4-5,10,12-14,17H,1-3,6-8H2/b5-4+/t12-,13+,14-/m0/s1. The summed E-state index contributed by atoms with van der Waals surface area (Å²) < 4.78 is 7.59. The molecule has 2 fully saturated rings. The van der Waals surface area contributed by atoms with Crippen LogP contribution in [-0.4, -0.2) is 29.2 Å². The molecule has 0 amide bonds. The van der Waals surface area contributed by atoms with E-state index in [4.69, 9.17) is 4.74 Å². The SMILES string of the molecule is C=C1C[C@@H](CC(=O)CC2CC2)O[C@H](/C=C/I)[C@H]1O. The first-order chi connectivity index (χ1) is 8.60. The number of ether oxygens (including phenoxy) is 1. The van der Waals surface area contributed by atoms with Crippen molar-refractivity contribution in [3.8, 4) is 0 Å². The van der Waals surface area contributed by atoms with Gasteiger partial charge in [0, 0.05) is 12.8 Å². The topological polar surface area (TPSA) is 46.5 Å². The van der Waals surface area contributed by atoms with Crippen LogP contribution < -0.4 is 0 Å². The number of Topliss-reactive ketones (excluding diaryl/α,β-unsaturated/α-hetero) is 1. The van der Waals surface area contributed by atoms with Crippen LogP contribution in [0.25, 0.3) is 0 Å². The lowest BCUT2D eigenvalue weighted by Gasteiger charge is -2.33. The van der Waals surface area contributed by atoms with Gasteiger partial charge >= 0.3 is 0 Å². The molecule has 0 radical (unpaired) electrons. The molecule has 1 saturated carbocycles. The molecule has 4 heteroatoms. The zero-order valence-electron chi connectivity index (χ0n) is 10.3. The molecule has 1 saturated heterocycles. The molecule has 18 heavy (non-hydrogen) atoms. The molecule has 0 unspecified atom stereocenters. The van der Waals surface area contributed by atoms with Gasteiger partial charge in [-0.15, -0.1) is 0 Å². The fourth-order valence-electron chi connectivity index (χ4n) is 2.31. The van der Waals surface area contributed by atoms with Crippen LogP contribution in [0.2, 0.25) is 0 Å². The van der Waals surface area contributed by atoms with Crippen molar-refractivity contribution in [2.24, 2.45) is 5.92 Å². The zero-order chi connectivity index (χ0) is 13.1. The van der Waals surface area contributed by atoms with Crippen LogP contribution in [0.3, 0.4) is 0 Å². The number of carbonyl (C=O) groups excluding carboxylic acids is 1. The molecule has 0 bridgehead atoms. The van der Waals surface area contributed by atoms with Crippen molar-refractivity contribution in [3.63, 3.8) is 0 Å². The van der Waals surface area contributed by atoms with Gasteiger partial charge in [-0.05, 0) is 40.9 Å². The van der Waals surface area contributed by atoms with Gasteiger partial charge in [0.1, 0.15) is 18.0 Å². The second-order valence-corrected chi connectivity index (χ2v) is 5.96. The first-order valence-electron chi connectivity index (χ1n) is 6.40. The molecule has 0 aromatic carbocycles. The second kappa shape index (κ2) is 6.30. The molecule has 0 aromatic heterocycles. The highest BCUT2D eigenvalue weighted by molar-refractivity contribution is 14.1. The Morgan fingerprint density at radius 3 is 2.83 bits per heavy atom. The summed E-state index contributed by atoms with van der Waals surface area (Å²) in [6.45, 7) is 3.88. The third kappa shape index (κ3) is 3.90. The number of ketones is 1. The molecule has 1 N–H and O–H groups in total. The summed E-state index contributed by atoms with van der Waals surface area (Å²) in [6.07, 6.45) is 4.82. The Hall–Kier alpha value is -0.200. The van der Waals surface area contributed by atoms with Crippen LogP contribution >= 0.6 is 22.6 Å². The van der Waals surface area contributed by atoms with Crippen molar-refractivity contribution in [3.05, 3.63) is 22.3 Å². The molecule has 3 atom stereocenters. The van der Waals surface area contributed by atoms with Crippen LogP contribution in [0, 0.1) is 5.92 Å². The highest BCUT2D eigenvalue weighted by Crippen LogP contribution is 2.34. The van der Waals surface area contributed by atoms with Gasteiger partial charge in [0.15, 0.2) is 0 Å². The Balaban J connectivity index is 1.88. The van der Waals surface area contributed by atoms with Gasteiger partial charge < -0.3 is 9.84 Å². The van der Waals surface area contributed by atoms with E-state index in [0.29, 0.717) is 25.2 Å². The van der Waals surface area contributed by atoms with Crippen LogP contribution in [0.4, 0.5) is 0 Å². The monoisotopic (exact) mass is 362 g/mol. The van der Waals surface area contributed by atoms with Crippen molar-refractivity contribution in [2.45, 2.75) is 50.4 Å². The molecule has 1 aliphatic carbocycles. The lowest BCUT2D eigenvalue weighted by Crippen LogP contribution is -2.39. The maximum Gasteiger partial charge on any atom is 0.135 e. The van der Waals surface area contributed by atoms with Gasteiger partial charge in [-0.2, -0.15) is 0 Å². The third-order valence-corrected chi connectivity index (χ3v) is 3.92. The molecular formula is C14H19IO3. The summed E-state index contributed by atoms with van der Waals surface area (Å²) in [5.74, 6) is 0.906. The van der Waals surface area contributed by atoms with Crippen LogP contribution in [0.15, 0.2) is 22.3 Å². The minimum atomic E-state index is -0.647. The fraction of sp³-hybridized carbons (Fsp3) is 0.643. The van der Waals surface area contributed by atoms with Crippen LogP contribution in [0.5, 0.6) is 0 Å². The average molecular weight is 362 g/mol. The summed E-state index contributed by atoms with van der Waals surface area (Å²) in [5, 5.41) is 9.91. The summed E-state index contributed by atoms with van der Waals surface area (Å²) in [4.78, 5) is 11.8. The second-order valence-electron chi connectivity index (χ2n) is 5.24. The van der Waals surface area contributed by atoms with Crippen molar-refractivity contribution >= 4 is 28.4 Å². The highest BCUT2D eigenvalue weighted by atomic mass is 127. The quantitative estimate of drug-likeness (QED) is 0.604. The molecule has 100 valence electrons. The van der Waals surface area contributed by atoms with E-state index in [1.165, 1.54) is 12.8 Å². The average Bonchev–Trinajstić information content (AvgIpc) is 3.09. The van der Waals surface area contributed by atoms with Crippen molar-refractivity contribution in [1.82, 2.24) is 0 Å². The predicted octanol–water partition coefficient (Wildman–Crippen LogP) is 2.77. The van der Waals surface area contributed by atoms with Crippen molar-refractivity contribution in [1.29, 1.82) is 0 Å². The smallest absolute Gasteiger partial charge is 0.135 e. The maximum atomic E-state index is 11.8. The van der Waals surface area contributed by atoms with Crippen LogP contribution in [0.1, 0.15) is 32.1 Å². The van der Waals surface area contributed by atoms with E-state index in [1.54, 1.807) is 0 Å². The van der Waals surface area contributed by atoms with Gasteiger partial charge in [0.05, 0.1) is 6.10 Å². The largest absolute Gasteiger partial charge is 0.386 e. The number of aliphatic hydroxyl groups is 1. The number of carbonyl (C=O) groups is 1. The number of rotatable bonds is 5. The van der Waals surface area contributed by atoms with Crippen molar-refractivity contribution in [2.75, 3.05) is 0 Å². The first kappa shape index (κ1) is 14.2. The van der Waals surface area contributed by atoms with Gasteiger partial charge in [0.25, 0.3) is 0 Å². The van der Waals surface area contributed by atoms with E-state index in [0.717, 1.165) is 5.57 Å². The lowest BCUT2D eigenvalue weighted by molar-refractivity contribution is -0.126. The van der Waals surface area contributed by atoms with E-state index in [2.05, 4.69) is 29.2 Å². The number of hydrogen-bond acceptors (Lipinski definition) is 3. The Labute approximate surface area is 121 Å². The molecule has 0 spiro atoms. The summed E-state index contributed by atoms with van der Waals surface area (Å²) >= 11 is 2.10. The Bertz CT molecular complexity index is 360. The van der Waals surface area contributed by atoms with Crippen molar-refractivity contribution < 1.29 is 14.6 Å². The molecule has 0 aromatic rings. The summed E-state index contributed by atoms with van der Waals surface area (Å²) in [7, 11) is 0. The maximum absolute atomic E-state index is 11.8. The molecule has 2 rings (SSSR count). The Morgan fingerprint density at radius 2 is 2.22 bits per heavy atom. The Kier molecular flexibility index (Phi) is 4.98. The molecule has 1 aliphatic heterocycles. The van der Waals surface area contributed by atoms with E-state index in [1.807, 2.05) is 10.2 Å². The molecule has 1 heterocycles. The van der Waals surface area contributed by atoms with E-state index in [9.17, 15) is 9.90 Å². The molecular weight excluding hydrogens is 343 g/mol. The lowest BCUT2D eigenvalue weighted by atomic mass is 9.93. The minimum Gasteiger partial charge on any atom is -0.386 e. The predicted molar refractivity (Wildman–Crippen MR) is 78.5 cm³/mol. The highest BCUT2D eigenvalue weighted by Gasteiger charge is 2.33.